The van der Waals surface area contributed by atoms with Gasteiger partial charge in [0.05, 0.1) is 14.2 Å². The highest BCUT2D eigenvalue weighted by atomic mass is 19.4. The Balaban J connectivity index is 1.49. The molecule has 0 spiro atoms. The molecule has 0 aliphatic heterocycles. The molecule has 2 heterocycles. The number of rotatable bonds is 6. The van der Waals surface area contributed by atoms with Gasteiger partial charge >= 0.3 is 6.18 Å². The minimum Gasteiger partial charge on any atom is -0.497 e. The monoisotopic (exact) mass is 524 g/mol. The molecule has 2 aromatic heterocycles. The SMILES string of the molecule is COc1ccc(-c2cc(F)ccc2-c2nc(-c3ccc(-c4nc(C(F)(F)F)cn4C)cc3)no2)c(OC)c1. The van der Waals surface area contributed by atoms with Gasteiger partial charge in [0, 0.05) is 47.1 Å². The molecule has 5 aromatic rings. The Labute approximate surface area is 214 Å². The van der Waals surface area contributed by atoms with Crippen LogP contribution in [0, 0.1) is 5.82 Å². The number of aryl methyl sites for hydroxylation is 1. The highest BCUT2D eigenvalue weighted by molar-refractivity contribution is 5.84. The van der Waals surface area contributed by atoms with Crippen LogP contribution in [-0.2, 0) is 13.2 Å². The minimum atomic E-state index is -4.54. The van der Waals surface area contributed by atoms with Crippen molar-refractivity contribution in [3.63, 3.8) is 0 Å². The summed E-state index contributed by atoms with van der Waals surface area (Å²) in [7, 11) is 4.53. The summed E-state index contributed by atoms with van der Waals surface area (Å²) in [6.45, 7) is 0. The van der Waals surface area contributed by atoms with Crippen molar-refractivity contribution in [1.82, 2.24) is 19.7 Å². The van der Waals surface area contributed by atoms with Crippen LogP contribution < -0.4 is 9.47 Å². The van der Waals surface area contributed by atoms with Crippen molar-refractivity contribution in [3.05, 3.63) is 78.4 Å². The minimum absolute atomic E-state index is 0.149. The van der Waals surface area contributed by atoms with Gasteiger partial charge in [-0.2, -0.15) is 18.2 Å². The van der Waals surface area contributed by atoms with Gasteiger partial charge in [-0.15, -0.1) is 0 Å². The summed E-state index contributed by atoms with van der Waals surface area (Å²) in [5.74, 6) is 1.15. The third-order valence-corrected chi connectivity index (χ3v) is 5.91. The van der Waals surface area contributed by atoms with E-state index >= 15 is 0 Å². The number of aromatic nitrogens is 4. The summed E-state index contributed by atoms with van der Waals surface area (Å²) in [6.07, 6.45) is -3.60. The highest BCUT2D eigenvalue weighted by Gasteiger charge is 2.34. The molecule has 0 fully saturated rings. The third kappa shape index (κ3) is 4.70. The van der Waals surface area contributed by atoms with Gasteiger partial charge in [-0.25, -0.2) is 9.37 Å². The van der Waals surface area contributed by atoms with E-state index in [-0.39, 0.29) is 17.5 Å². The Morgan fingerprint density at radius 2 is 1.53 bits per heavy atom. The molecule has 38 heavy (non-hydrogen) atoms. The Hall–Kier alpha value is -4.67. The molecule has 0 saturated heterocycles. The predicted octanol–water partition coefficient (Wildman–Crippen LogP) is 6.65. The van der Waals surface area contributed by atoms with Crippen molar-refractivity contribution in [2.24, 2.45) is 7.05 Å². The number of nitrogens with zero attached hydrogens (tertiary/aromatic N) is 4. The van der Waals surface area contributed by atoms with Gasteiger partial charge in [0.25, 0.3) is 5.89 Å². The van der Waals surface area contributed by atoms with Gasteiger partial charge in [0.15, 0.2) is 5.69 Å². The average Bonchev–Trinajstić information content (AvgIpc) is 3.55. The summed E-state index contributed by atoms with van der Waals surface area (Å²) < 4.78 is 70.9. The van der Waals surface area contributed by atoms with Gasteiger partial charge in [0.1, 0.15) is 23.1 Å². The van der Waals surface area contributed by atoms with E-state index < -0.39 is 17.7 Å². The molecule has 0 aliphatic rings. The molecule has 0 unspecified atom stereocenters. The average molecular weight is 524 g/mol. The maximum atomic E-state index is 14.3. The molecular weight excluding hydrogens is 504 g/mol. The van der Waals surface area contributed by atoms with E-state index in [1.807, 2.05) is 0 Å². The quantitative estimate of drug-likeness (QED) is 0.232. The number of methoxy groups -OCH3 is 2. The summed E-state index contributed by atoms with van der Waals surface area (Å²) in [6, 6.07) is 15.9. The second-order valence-electron chi connectivity index (χ2n) is 8.32. The smallest absolute Gasteiger partial charge is 0.434 e. The van der Waals surface area contributed by atoms with Gasteiger partial charge < -0.3 is 18.6 Å². The first-order valence-corrected chi connectivity index (χ1v) is 11.3. The van der Waals surface area contributed by atoms with Crippen LogP contribution in [0.2, 0.25) is 0 Å². The fourth-order valence-electron chi connectivity index (χ4n) is 4.04. The first kappa shape index (κ1) is 25.0. The van der Waals surface area contributed by atoms with Gasteiger partial charge in [0.2, 0.25) is 5.82 Å². The molecule has 0 aliphatic carbocycles. The van der Waals surface area contributed by atoms with E-state index in [1.54, 1.807) is 42.5 Å². The molecule has 7 nitrogen and oxygen atoms in total. The first-order chi connectivity index (χ1) is 18.2. The van der Waals surface area contributed by atoms with Crippen LogP contribution in [0.4, 0.5) is 17.6 Å². The normalized spacial score (nSPS) is 11.6. The largest absolute Gasteiger partial charge is 0.497 e. The second kappa shape index (κ2) is 9.66. The van der Waals surface area contributed by atoms with Crippen molar-refractivity contribution in [2.45, 2.75) is 6.18 Å². The third-order valence-electron chi connectivity index (χ3n) is 5.91. The molecule has 194 valence electrons. The van der Waals surface area contributed by atoms with E-state index in [0.29, 0.717) is 39.3 Å². The maximum Gasteiger partial charge on any atom is 0.434 e. The van der Waals surface area contributed by atoms with Crippen LogP contribution in [-0.4, -0.2) is 33.9 Å². The van der Waals surface area contributed by atoms with E-state index in [1.165, 1.54) is 44.0 Å². The molecule has 0 radical (unpaired) electrons. The number of halogens is 4. The number of ether oxygens (including phenoxy) is 2. The number of hydrogen-bond donors (Lipinski definition) is 0. The van der Waals surface area contributed by atoms with Crippen LogP contribution in [0.15, 0.2) is 71.4 Å². The van der Waals surface area contributed by atoms with Crippen LogP contribution in [0.3, 0.4) is 0 Å². The van der Waals surface area contributed by atoms with Gasteiger partial charge in [-0.3, -0.25) is 0 Å². The molecule has 3 aromatic carbocycles. The summed E-state index contributed by atoms with van der Waals surface area (Å²) in [5, 5.41) is 4.05. The molecule has 0 amide bonds. The number of alkyl halides is 3. The van der Waals surface area contributed by atoms with Crippen LogP contribution in [0.25, 0.3) is 45.4 Å². The van der Waals surface area contributed by atoms with Gasteiger partial charge in [-0.1, -0.05) is 29.4 Å². The molecule has 0 N–H and O–H groups in total. The van der Waals surface area contributed by atoms with Crippen LogP contribution >= 0.6 is 0 Å². The lowest BCUT2D eigenvalue weighted by atomic mass is 9.98. The van der Waals surface area contributed by atoms with Crippen LogP contribution in [0.1, 0.15) is 5.69 Å². The molecular formula is C27H20F4N4O3. The zero-order valence-corrected chi connectivity index (χ0v) is 20.4. The maximum absolute atomic E-state index is 14.3. The summed E-state index contributed by atoms with van der Waals surface area (Å²) >= 11 is 0. The second-order valence-corrected chi connectivity index (χ2v) is 8.32. The fourth-order valence-corrected chi connectivity index (χ4v) is 4.04. The fraction of sp³-hybridized carbons (Fsp3) is 0.148. The summed E-state index contributed by atoms with van der Waals surface area (Å²) in [4.78, 5) is 8.18. The molecule has 11 heteroatoms. The molecule has 0 bridgehead atoms. The lowest BCUT2D eigenvalue weighted by molar-refractivity contribution is -0.140. The van der Waals surface area contributed by atoms with Crippen LogP contribution in [0.5, 0.6) is 11.5 Å². The first-order valence-electron chi connectivity index (χ1n) is 11.3. The van der Waals surface area contributed by atoms with E-state index in [0.717, 1.165) is 6.20 Å². The van der Waals surface area contributed by atoms with Crippen molar-refractivity contribution in [2.75, 3.05) is 14.2 Å². The Bertz CT molecular complexity index is 1610. The number of benzene rings is 3. The van der Waals surface area contributed by atoms with E-state index in [4.69, 9.17) is 14.0 Å². The van der Waals surface area contributed by atoms with Gasteiger partial charge in [-0.05, 0) is 30.3 Å². The lowest BCUT2D eigenvalue weighted by Crippen LogP contribution is -2.04. The Morgan fingerprint density at radius 3 is 2.18 bits per heavy atom. The zero-order valence-electron chi connectivity index (χ0n) is 20.4. The Morgan fingerprint density at radius 1 is 0.816 bits per heavy atom. The highest BCUT2D eigenvalue weighted by Crippen LogP contribution is 2.39. The predicted molar refractivity (Wildman–Crippen MR) is 131 cm³/mol. The zero-order chi connectivity index (χ0) is 27.0. The van der Waals surface area contributed by atoms with E-state index in [2.05, 4.69) is 15.1 Å². The topological polar surface area (TPSA) is 75.2 Å². The van der Waals surface area contributed by atoms with Crippen molar-refractivity contribution >= 4 is 0 Å². The number of imidazole rings is 1. The Kier molecular flexibility index (Phi) is 6.35. The molecule has 5 rings (SSSR count). The van der Waals surface area contributed by atoms with Crippen molar-refractivity contribution in [3.8, 4) is 56.9 Å². The molecule has 0 atom stereocenters. The van der Waals surface area contributed by atoms with Crippen molar-refractivity contribution < 1.29 is 31.6 Å². The van der Waals surface area contributed by atoms with E-state index in [9.17, 15) is 17.6 Å². The summed E-state index contributed by atoms with van der Waals surface area (Å²) in [5.41, 5.74) is 1.65. The van der Waals surface area contributed by atoms with Crippen molar-refractivity contribution in [1.29, 1.82) is 0 Å². The standard InChI is InChI=1S/C27H20F4N4O3/c1-35-14-23(27(29,30)31)32-25(35)16-6-4-15(5-7-16)24-33-26(38-34-24)20-10-8-17(28)12-21(20)19-11-9-18(36-2)13-22(19)37-3/h4-14H,1-3H3. The molecule has 0 saturated carbocycles. The number of hydrogen-bond acceptors (Lipinski definition) is 6. The lowest BCUT2D eigenvalue weighted by Gasteiger charge is -2.13.